The topological polar surface area (TPSA) is 16.1 Å². The van der Waals surface area contributed by atoms with E-state index in [1.165, 1.54) is 43.9 Å². The van der Waals surface area contributed by atoms with Gasteiger partial charge in [0.2, 0.25) is 0 Å². The molecule has 2 aliphatic rings. The van der Waals surface area contributed by atoms with Gasteiger partial charge >= 0.3 is 0 Å². The van der Waals surface area contributed by atoms with E-state index in [1.807, 2.05) is 6.20 Å². The first-order valence-electron chi connectivity index (χ1n) is 5.14. The first kappa shape index (κ1) is 9.16. The second kappa shape index (κ2) is 3.20. The molecular weight excluding hydrogens is 260 g/mol. The minimum absolute atomic E-state index is 0.679. The van der Waals surface area contributed by atoms with Crippen LogP contribution in [0.4, 0.5) is 5.13 Å². The van der Waals surface area contributed by atoms with Crippen LogP contribution in [0.1, 0.15) is 25.7 Å². The zero-order valence-electron chi connectivity index (χ0n) is 8.00. The monoisotopic (exact) mass is 272 g/mol. The standard InChI is InChI=1S/C10H13BrN2S/c11-8-5-12-9(14-8)13-6-10(7-13)3-1-2-4-10/h5H,1-4,6-7H2. The van der Waals surface area contributed by atoms with Crippen LogP contribution in [0.25, 0.3) is 0 Å². The number of halogens is 1. The summed E-state index contributed by atoms with van der Waals surface area (Å²) in [5, 5.41) is 1.19. The number of aromatic nitrogens is 1. The van der Waals surface area contributed by atoms with Gasteiger partial charge in [-0.1, -0.05) is 24.2 Å². The third-order valence-corrected chi connectivity index (χ3v) is 4.99. The smallest absolute Gasteiger partial charge is 0.186 e. The molecule has 2 nitrogen and oxygen atoms in total. The highest BCUT2D eigenvalue weighted by Crippen LogP contribution is 2.47. The Morgan fingerprint density at radius 2 is 2.07 bits per heavy atom. The van der Waals surface area contributed by atoms with Crippen molar-refractivity contribution in [2.45, 2.75) is 25.7 Å². The summed E-state index contributed by atoms with van der Waals surface area (Å²) in [4.78, 5) is 6.81. The number of thiazole rings is 1. The van der Waals surface area contributed by atoms with Gasteiger partial charge in [-0.15, -0.1) is 0 Å². The van der Waals surface area contributed by atoms with Crippen molar-refractivity contribution in [2.24, 2.45) is 5.41 Å². The van der Waals surface area contributed by atoms with Gasteiger partial charge in [-0.3, -0.25) is 0 Å². The molecule has 0 amide bonds. The molecule has 2 fully saturated rings. The Morgan fingerprint density at radius 1 is 1.36 bits per heavy atom. The molecule has 0 unspecified atom stereocenters. The quantitative estimate of drug-likeness (QED) is 0.780. The summed E-state index contributed by atoms with van der Waals surface area (Å²) in [7, 11) is 0. The summed E-state index contributed by atoms with van der Waals surface area (Å²) < 4.78 is 1.14. The number of anilines is 1. The highest BCUT2D eigenvalue weighted by atomic mass is 79.9. The second-order valence-corrected chi connectivity index (χ2v) is 6.90. The van der Waals surface area contributed by atoms with Crippen LogP contribution in [-0.4, -0.2) is 18.1 Å². The van der Waals surface area contributed by atoms with E-state index >= 15 is 0 Å². The van der Waals surface area contributed by atoms with E-state index in [9.17, 15) is 0 Å². The minimum atomic E-state index is 0.679. The van der Waals surface area contributed by atoms with Crippen molar-refractivity contribution in [2.75, 3.05) is 18.0 Å². The predicted molar refractivity (Wildman–Crippen MR) is 62.9 cm³/mol. The fraction of sp³-hybridized carbons (Fsp3) is 0.700. The molecule has 1 aliphatic heterocycles. The average Bonchev–Trinajstić information content (AvgIpc) is 2.68. The van der Waals surface area contributed by atoms with Crippen molar-refractivity contribution in [3.8, 4) is 0 Å². The van der Waals surface area contributed by atoms with Gasteiger partial charge in [0, 0.05) is 18.5 Å². The number of rotatable bonds is 1. The lowest BCUT2D eigenvalue weighted by Gasteiger charge is -2.48. The van der Waals surface area contributed by atoms with Gasteiger partial charge in [0.25, 0.3) is 0 Å². The van der Waals surface area contributed by atoms with Gasteiger partial charge in [-0.25, -0.2) is 4.98 Å². The van der Waals surface area contributed by atoms with Crippen LogP contribution in [-0.2, 0) is 0 Å². The molecule has 3 rings (SSSR count). The van der Waals surface area contributed by atoms with Crippen molar-refractivity contribution in [3.63, 3.8) is 0 Å². The Hall–Kier alpha value is -0.0900. The van der Waals surface area contributed by atoms with E-state index < -0.39 is 0 Å². The summed E-state index contributed by atoms with van der Waals surface area (Å²) in [5.41, 5.74) is 0.679. The van der Waals surface area contributed by atoms with Crippen molar-refractivity contribution < 1.29 is 0 Å². The maximum absolute atomic E-state index is 4.39. The maximum Gasteiger partial charge on any atom is 0.186 e. The van der Waals surface area contributed by atoms with Crippen molar-refractivity contribution in [1.82, 2.24) is 4.98 Å². The molecule has 1 aliphatic carbocycles. The summed E-state index contributed by atoms with van der Waals surface area (Å²) in [6.45, 7) is 2.49. The molecule has 0 N–H and O–H groups in total. The molecule has 1 saturated carbocycles. The largest absolute Gasteiger partial charge is 0.347 e. The Balaban J connectivity index is 1.69. The summed E-state index contributed by atoms with van der Waals surface area (Å²) in [5.74, 6) is 0. The normalized spacial score (nSPS) is 24.2. The summed E-state index contributed by atoms with van der Waals surface area (Å²) >= 11 is 5.20. The second-order valence-electron chi connectivity index (χ2n) is 4.51. The Morgan fingerprint density at radius 3 is 2.64 bits per heavy atom. The summed E-state index contributed by atoms with van der Waals surface area (Å²) in [6.07, 6.45) is 7.66. The van der Waals surface area contributed by atoms with E-state index in [-0.39, 0.29) is 0 Å². The molecule has 1 saturated heterocycles. The van der Waals surface area contributed by atoms with Gasteiger partial charge in [-0.2, -0.15) is 0 Å². The number of hydrogen-bond donors (Lipinski definition) is 0. The van der Waals surface area contributed by atoms with Crippen molar-refractivity contribution in [1.29, 1.82) is 0 Å². The van der Waals surface area contributed by atoms with Gasteiger partial charge in [0.1, 0.15) is 0 Å². The van der Waals surface area contributed by atoms with Crippen molar-refractivity contribution >= 4 is 32.4 Å². The van der Waals surface area contributed by atoms with Crippen LogP contribution in [0.2, 0.25) is 0 Å². The molecule has 1 aromatic heterocycles. The van der Waals surface area contributed by atoms with Crippen molar-refractivity contribution in [3.05, 3.63) is 9.98 Å². The van der Waals surface area contributed by atoms with Gasteiger partial charge in [0.05, 0.1) is 9.98 Å². The fourth-order valence-electron chi connectivity index (χ4n) is 2.73. The van der Waals surface area contributed by atoms with Gasteiger partial charge < -0.3 is 4.90 Å². The Bertz CT molecular complexity index is 336. The predicted octanol–water partition coefficient (Wildman–Crippen LogP) is 3.29. The fourth-order valence-corrected chi connectivity index (χ4v) is 3.91. The SMILES string of the molecule is Brc1cnc(N2CC3(CCCC3)C2)s1. The van der Waals surface area contributed by atoms with Crippen LogP contribution >= 0.6 is 27.3 Å². The average molecular weight is 273 g/mol. The molecule has 4 heteroatoms. The molecular formula is C10H13BrN2S. The van der Waals surface area contributed by atoms with Crippen LogP contribution in [0.3, 0.4) is 0 Å². The van der Waals surface area contributed by atoms with Gasteiger partial charge in [-0.05, 0) is 28.8 Å². The van der Waals surface area contributed by atoms with Crippen LogP contribution < -0.4 is 4.90 Å². The Labute approximate surface area is 96.5 Å². The molecule has 76 valence electrons. The molecule has 0 radical (unpaired) electrons. The number of nitrogens with zero attached hydrogens (tertiary/aromatic N) is 2. The van der Waals surface area contributed by atoms with E-state index in [1.54, 1.807) is 11.3 Å². The zero-order valence-corrected chi connectivity index (χ0v) is 10.4. The summed E-state index contributed by atoms with van der Waals surface area (Å²) in [6, 6.07) is 0. The molecule has 1 aromatic rings. The third-order valence-electron chi connectivity index (χ3n) is 3.45. The maximum atomic E-state index is 4.39. The molecule has 0 atom stereocenters. The lowest BCUT2D eigenvalue weighted by Crippen LogP contribution is -2.55. The highest BCUT2D eigenvalue weighted by molar-refractivity contribution is 9.11. The first-order valence-corrected chi connectivity index (χ1v) is 6.75. The molecule has 1 spiro atoms. The number of hydrogen-bond acceptors (Lipinski definition) is 3. The van der Waals surface area contributed by atoms with Gasteiger partial charge in [0.15, 0.2) is 5.13 Å². The van der Waals surface area contributed by atoms with E-state index in [0.29, 0.717) is 5.41 Å². The van der Waals surface area contributed by atoms with Crippen LogP contribution in [0.15, 0.2) is 9.98 Å². The molecule has 14 heavy (non-hydrogen) atoms. The van der Waals surface area contributed by atoms with E-state index in [4.69, 9.17) is 0 Å². The van der Waals surface area contributed by atoms with Crippen LogP contribution in [0.5, 0.6) is 0 Å². The molecule has 0 bridgehead atoms. The van der Waals surface area contributed by atoms with E-state index in [2.05, 4.69) is 25.8 Å². The lowest BCUT2D eigenvalue weighted by atomic mass is 9.79. The first-order chi connectivity index (χ1) is 6.77. The lowest BCUT2D eigenvalue weighted by molar-refractivity contribution is 0.222. The van der Waals surface area contributed by atoms with E-state index in [0.717, 1.165) is 3.79 Å². The van der Waals surface area contributed by atoms with Crippen LogP contribution in [0, 0.1) is 5.41 Å². The third kappa shape index (κ3) is 1.39. The molecule has 0 aromatic carbocycles. The zero-order chi connectivity index (χ0) is 9.60. The highest BCUT2D eigenvalue weighted by Gasteiger charge is 2.45. The Kier molecular flexibility index (Phi) is 2.10. The molecule has 2 heterocycles. The minimum Gasteiger partial charge on any atom is -0.347 e.